The number of rotatable bonds is 12. The van der Waals surface area contributed by atoms with Crippen LogP contribution in [0.4, 0.5) is 5.69 Å². The number of nitrogens with zero attached hydrogens (tertiary/aromatic N) is 3. The second-order valence-corrected chi connectivity index (χ2v) is 15.9. The van der Waals surface area contributed by atoms with Crippen LogP contribution in [0.2, 0.25) is 0 Å². The van der Waals surface area contributed by atoms with Gasteiger partial charge in [-0.1, -0.05) is 39.0 Å². The molecule has 2 aliphatic heterocycles. The normalized spacial score (nSPS) is 31.2. The Kier molecular flexibility index (Phi) is 10.7. The first-order chi connectivity index (χ1) is 24.2. The number of hydrogen-bond donors (Lipinski definition) is 5. The molecule has 0 aromatic heterocycles. The van der Waals surface area contributed by atoms with E-state index in [2.05, 4.69) is 26.2 Å². The van der Waals surface area contributed by atoms with Crippen molar-refractivity contribution < 1.29 is 39.7 Å². The Bertz CT molecular complexity index is 1600. The summed E-state index contributed by atoms with van der Waals surface area (Å²) in [5, 5.41) is 46.5. The summed E-state index contributed by atoms with van der Waals surface area (Å²) in [6, 6.07) is 10.3. The van der Waals surface area contributed by atoms with E-state index in [0.29, 0.717) is 65.1 Å². The maximum absolute atomic E-state index is 14.2. The number of quaternary nitrogens is 1. The zero-order chi connectivity index (χ0) is 36.9. The molecule has 0 radical (unpaired) electrons. The highest BCUT2D eigenvalue weighted by molar-refractivity contribution is 5.99. The number of carbonyl (C=O) groups excluding carboxylic acids is 1. The number of nitrogens with one attached hydrogen (secondary N) is 2. The number of carboxylic acids is 1. The van der Waals surface area contributed by atoms with E-state index in [1.54, 1.807) is 31.2 Å². The van der Waals surface area contributed by atoms with Crippen LogP contribution in [0.5, 0.6) is 5.75 Å². The number of hydroxylamine groups is 3. The molecule has 5 aliphatic rings. The van der Waals surface area contributed by atoms with Gasteiger partial charge in [-0.05, 0) is 79.5 Å². The highest BCUT2D eigenvalue weighted by Crippen LogP contribution is 2.61. The smallest absolute Gasteiger partial charge is 0.326 e. The Labute approximate surface area is 300 Å². The zero-order valence-electron chi connectivity index (χ0n) is 30.8. The van der Waals surface area contributed by atoms with Crippen LogP contribution < -0.4 is 20.2 Å². The van der Waals surface area contributed by atoms with Crippen LogP contribution in [0.25, 0.3) is 11.1 Å². The van der Waals surface area contributed by atoms with Crippen molar-refractivity contribution in [3.63, 3.8) is 0 Å². The van der Waals surface area contributed by atoms with E-state index in [4.69, 9.17) is 9.57 Å². The molecular formula is C38H55N5O8. The topological polar surface area (TPSA) is 163 Å². The summed E-state index contributed by atoms with van der Waals surface area (Å²) >= 11 is 0. The number of likely N-dealkylation sites (tertiary alicyclic amines) is 1. The fourth-order valence-electron chi connectivity index (χ4n) is 9.41. The molecule has 2 aromatic carbocycles. The monoisotopic (exact) mass is 709 g/mol. The third kappa shape index (κ3) is 6.85. The summed E-state index contributed by atoms with van der Waals surface area (Å²) in [6.07, 6.45) is 0.575. The maximum atomic E-state index is 14.2. The van der Waals surface area contributed by atoms with Crippen LogP contribution in [0, 0.1) is 34.3 Å². The van der Waals surface area contributed by atoms with Gasteiger partial charge in [-0.3, -0.25) is 14.8 Å². The van der Waals surface area contributed by atoms with Crippen LogP contribution >= 0.6 is 0 Å². The fraction of sp³-hybridized carbons (Fsp3) is 0.632. The van der Waals surface area contributed by atoms with Crippen molar-refractivity contribution >= 4 is 17.6 Å². The average Bonchev–Trinajstić information content (AvgIpc) is 3.74. The molecule has 7 rings (SSSR count). The molecule has 2 aromatic rings. The Morgan fingerprint density at radius 2 is 1.96 bits per heavy atom. The van der Waals surface area contributed by atoms with Gasteiger partial charge in [0.05, 0.1) is 38.3 Å². The molecule has 2 heterocycles. The number of aliphatic hydroxyl groups excluding tert-OH is 2. The number of carboxylic acid groups (broad SMARTS) is 1. The zero-order valence-corrected chi connectivity index (χ0v) is 30.8. The van der Waals surface area contributed by atoms with Gasteiger partial charge in [0.1, 0.15) is 17.9 Å². The van der Waals surface area contributed by atoms with Gasteiger partial charge < -0.3 is 35.1 Å². The molecule has 2 saturated heterocycles. The largest absolute Gasteiger partial charge is 0.612 e. The third-order valence-electron chi connectivity index (χ3n) is 12.5. The molecule has 280 valence electrons. The first-order valence-corrected chi connectivity index (χ1v) is 18.2. The highest BCUT2D eigenvalue weighted by atomic mass is 16.7. The standard InChI is InChI=1S/C38H55N5O8/c1-21-29-17-26(38(29,3)4)18-30(21)39-43(49)35-33(22(2)45)32(20-44)51-42(35)19-23-10-8-11-28(34(23)50-7)24-14-25(16-27(15-24)40(5)6)36(46)41-13-9-12-31(41)37(47)48/h8,10-11,14-16,21-22,26,29-33,35,39,43-45H,9,12-13,17-20H2,1-7H3,(H,47,48)/t21-,22-,26+,29-,30-,31-,32-,33+,35+/m0/s1. The van der Waals surface area contributed by atoms with Crippen molar-refractivity contribution in [3.05, 3.63) is 52.7 Å². The Morgan fingerprint density at radius 3 is 2.57 bits per heavy atom. The minimum atomic E-state index is -1.01. The second-order valence-electron chi connectivity index (χ2n) is 15.9. The van der Waals surface area contributed by atoms with E-state index in [1.165, 1.54) is 11.3 Å². The molecule has 2 bridgehead atoms. The number of amides is 1. The molecule has 1 amide bonds. The van der Waals surface area contributed by atoms with E-state index in [0.717, 1.165) is 12.1 Å². The summed E-state index contributed by atoms with van der Waals surface area (Å²) < 4.78 is 6.02. The Hall–Kier alpha value is -3.30. The first kappa shape index (κ1) is 37.5. The minimum absolute atomic E-state index is 0.0176. The molecular weight excluding hydrogens is 654 g/mol. The van der Waals surface area contributed by atoms with E-state index in [9.17, 15) is 30.1 Å². The van der Waals surface area contributed by atoms with Gasteiger partial charge in [0.15, 0.2) is 6.17 Å². The lowest BCUT2D eigenvalue weighted by molar-refractivity contribution is -0.944. The Balaban J connectivity index is 1.31. The number of anilines is 1. The maximum Gasteiger partial charge on any atom is 0.326 e. The lowest BCUT2D eigenvalue weighted by Crippen LogP contribution is -3.21. The second kappa shape index (κ2) is 14.6. The van der Waals surface area contributed by atoms with Gasteiger partial charge in [0, 0.05) is 43.0 Å². The number of ether oxygens (including phenoxy) is 1. The summed E-state index contributed by atoms with van der Waals surface area (Å²) in [5.74, 6) is -0.0890. The summed E-state index contributed by atoms with van der Waals surface area (Å²) in [6.45, 7) is 8.62. The minimum Gasteiger partial charge on any atom is -0.612 e. The number of hydrogen-bond acceptors (Lipinski definition) is 10. The predicted octanol–water partition coefficient (Wildman–Crippen LogP) is 2.51. The van der Waals surface area contributed by atoms with Crippen molar-refractivity contribution in [1.82, 2.24) is 15.4 Å². The molecule has 3 saturated carbocycles. The van der Waals surface area contributed by atoms with E-state index < -0.39 is 36.3 Å². The van der Waals surface area contributed by atoms with Crippen molar-refractivity contribution in [1.29, 1.82) is 0 Å². The Morgan fingerprint density at radius 1 is 1.22 bits per heavy atom. The summed E-state index contributed by atoms with van der Waals surface area (Å²) in [5.41, 5.74) is 6.84. The molecule has 0 spiro atoms. The average molecular weight is 710 g/mol. The van der Waals surface area contributed by atoms with Crippen molar-refractivity contribution in [2.45, 2.75) is 90.4 Å². The van der Waals surface area contributed by atoms with Gasteiger partial charge >= 0.3 is 5.97 Å². The van der Waals surface area contributed by atoms with Crippen LogP contribution in [-0.4, -0.2) is 102 Å². The van der Waals surface area contributed by atoms with Crippen molar-refractivity contribution in [2.24, 2.45) is 29.1 Å². The lowest BCUT2D eigenvalue weighted by Gasteiger charge is -2.62. The third-order valence-corrected chi connectivity index (χ3v) is 12.5. The van der Waals surface area contributed by atoms with Gasteiger partial charge in [-0.25, -0.2) is 4.79 Å². The molecule has 5 fully saturated rings. The molecule has 10 atom stereocenters. The van der Waals surface area contributed by atoms with E-state index in [-0.39, 0.29) is 35.7 Å². The predicted molar refractivity (Wildman–Crippen MR) is 191 cm³/mol. The summed E-state index contributed by atoms with van der Waals surface area (Å²) in [4.78, 5) is 35.2. The van der Waals surface area contributed by atoms with Crippen molar-refractivity contribution in [3.8, 4) is 16.9 Å². The van der Waals surface area contributed by atoms with Crippen molar-refractivity contribution in [2.75, 3.05) is 39.3 Å². The van der Waals surface area contributed by atoms with Crippen LogP contribution in [0.1, 0.15) is 69.3 Å². The summed E-state index contributed by atoms with van der Waals surface area (Å²) in [7, 11) is 5.31. The SMILES string of the molecule is COc1c(CN2O[C@@H](CO)[C@@H]([C@H](C)O)[C@H]2[NH+]([O-])N[C@H]2C[C@H]3C[C@@H]([C@@H]2C)C3(C)C)cccc1-c1cc(C(=O)N2CCC[C@H]2C(=O)O)cc(N(C)C)c1. The first-order valence-electron chi connectivity index (χ1n) is 18.2. The molecule has 3 aliphatic carbocycles. The van der Waals surface area contributed by atoms with Crippen LogP contribution in [0.3, 0.4) is 0 Å². The van der Waals surface area contributed by atoms with Gasteiger partial charge in [-0.2, -0.15) is 5.43 Å². The quantitative estimate of drug-likeness (QED) is 0.206. The number of methoxy groups -OCH3 is 1. The lowest BCUT2D eigenvalue weighted by atomic mass is 9.45. The molecule has 1 unspecified atom stereocenters. The fourth-order valence-corrected chi connectivity index (χ4v) is 9.41. The number of fused-ring (bicyclic) bond motifs is 2. The number of aliphatic hydroxyl groups is 2. The van der Waals surface area contributed by atoms with Gasteiger partial charge in [-0.15, -0.1) is 5.06 Å². The molecule has 13 nitrogen and oxygen atoms in total. The molecule has 5 N–H and O–H groups in total. The molecule has 51 heavy (non-hydrogen) atoms. The number of para-hydroxylation sites is 1. The van der Waals surface area contributed by atoms with Crippen LogP contribution in [0.15, 0.2) is 36.4 Å². The highest BCUT2D eigenvalue weighted by Gasteiger charge is 2.57. The van der Waals surface area contributed by atoms with Gasteiger partial charge in [0.2, 0.25) is 0 Å². The molecule has 13 heteroatoms. The van der Waals surface area contributed by atoms with Gasteiger partial charge in [0.25, 0.3) is 5.91 Å². The van der Waals surface area contributed by atoms with Crippen LogP contribution in [-0.2, 0) is 16.2 Å². The number of carbonyl (C=O) groups is 2. The number of benzene rings is 2. The number of aliphatic carboxylic acids is 1. The van der Waals surface area contributed by atoms with E-state index >= 15 is 0 Å². The van der Waals surface area contributed by atoms with E-state index in [1.807, 2.05) is 43.3 Å².